The van der Waals surface area contributed by atoms with Gasteiger partial charge in [-0.3, -0.25) is 4.79 Å². The molecule has 1 N–H and O–H groups in total. The number of rotatable bonds is 5. The van der Waals surface area contributed by atoms with Crippen molar-refractivity contribution < 1.29 is 17.9 Å². The lowest BCUT2D eigenvalue weighted by Crippen LogP contribution is -2.23. The van der Waals surface area contributed by atoms with Crippen LogP contribution in [0.15, 0.2) is 29.2 Å². The third-order valence-corrected chi connectivity index (χ3v) is 7.81. The van der Waals surface area contributed by atoms with Crippen LogP contribution in [-0.4, -0.2) is 39.8 Å². The molecule has 1 aliphatic carbocycles. The van der Waals surface area contributed by atoms with E-state index in [4.69, 9.17) is 4.74 Å². The van der Waals surface area contributed by atoms with Gasteiger partial charge in [0.1, 0.15) is 10.6 Å². The van der Waals surface area contributed by atoms with E-state index in [0.717, 1.165) is 23.6 Å². The van der Waals surface area contributed by atoms with Crippen molar-refractivity contribution in [3.63, 3.8) is 0 Å². The molecule has 1 aliphatic rings. The van der Waals surface area contributed by atoms with E-state index in [0.29, 0.717) is 16.5 Å². The maximum absolute atomic E-state index is 12.7. The normalized spacial score (nSPS) is 16.9. The molecular formula is C19H24N2O4S2. The number of fused-ring (bicyclic) bond motifs is 1. The Morgan fingerprint density at radius 3 is 2.70 bits per heavy atom. The molecule has 0 bridgehead atoms. The molecule has 8 heteroatoms. The van der Waals surface area contributed by atoms with Crippen molar-refractivity contribution in [2.75, 3.05) is 26.5 Å². The Bertz CT molecular complexity index is 964. The molecule has 0 spiro atoms. The van der Waals surface area contributed by atoms with Crippen LogP contribution >= 0.6 is 11.3 Å². The molecule has 1 heterocycles. The summed E-state index contributed by atoms with van der Waals surface area (Å²) in [4.78, 5) is 14.6. The van der Waals surface area contributed by atoms with E-state index in [1.165, 1.54) is 49.0 Å². The maximum Gasteiger partial charge on any atom is 0.265 e. The summed E-state index contributed by atoms with van der Waals surface area (Å²) in [5, 5.41) is 2.81. The van der Waals surface area contributed by atoms with Crippen LogP contribution < -0.4 is 10.1 Å². The van der Waals surface area contributed by atoms with E-state index in [2.05, 4.69) is 12.2 Å². The van der Waals surface area contributed by atoms with Crippen molar-refractivity contribution in [2.45, 2.75) is 31.1 Å². The van der Waals surface area contributed by atoms with Crippen molar-refractivity contribution in [1.29, 1.82) is 0 Å². The van der Waals surface area contributed by atoms with Gasteiger partial charge in [-0.15, -0.1) is 11.3 Å². The van der Waals surface area contributed by atoms with Gasteiger partial charge in [-0.05, 0) is 55.0 Å². The van der Waals surface area contributed by atoms with Gasteiger partial charge in [-0.2, -0.15) is 0 Å². The number of ether oxygens (including phenoxy) is 1. The van der Waals surface area contributed by atoms with Crippen molar-refractivity contribution in [2.24, 2.45) is 5.92 Å². The average Bonchev–Trinajstić information content (AvgIpc) is 3.04. The van der Waals surface area contributed by atoms with E-state index in [1.54, 1.807) is 12.1 Å². The number of amides is 1. The van der Waals surface area contributed by atoms with Gasteiger partial charge in [-0.25, -0.2) is 12.7 Å². The summed E-state index contributed by atoms with van der Waals surface area (Å²) < 4.78 is 31.3. The van der Waals surface area contributed by atoms with E-state index < -0.39 is 10.0 Å². The highest BCUT2D eigenvalue weighted by atomic mass is 32.2. The Balaban J connectivity index is 1.87. The number of sulfonamides is 1. The number of thiophene rings is 1. The maximum atomic E-state index is 12.7. The molecule has 0 saturated heterocycles. The summed E-state index contributed by atoms with van der Waals surface area (Å²) in [5.41, 5.74) is 1.68. The van der Waals surface area contributed by atoms with Crippen LogP contribution in [0.4, 0.5) is 5.69 Å². The van der Waals surface area contributed by atoms with Crippen molar-refractivity contribution in [3.8, 4) is 5.75 Å². The monoisotopic (exact) mass is 408 g/mol. The van der Waals surface area contributed by atoms with Gasteiger partial charge < -0.3 is 10.1 Å². The third kappa shape index (κ3) is 4.02. The number of hydrogen-bond acceptors (Lipinski definition) is 5. The Morgan fingerprint density at radius 1 is 1.30 bits per heavy atom. The van der Waals surface area contributed by atoms with Gasteiger partial charge in [0.2, 0.25) is 10.0 Å². The zero-order valence-corrected chi connectivity index (χ0v) is 17.5. The van der Waals surface area contributed by atoms with Gasteiger partial charge >= 0.3 is 0 Å². The van der Waals surface area contributed by atoms with Crippen molar-refractivity contribution >= 4 is 33.0 Å². The molecule has 0 radical (unpaired) electrons. The van der Waals surface area contributed by atoms with E-state index in [9.17, 15) is 13.2 Å². The largest absolute Gasteiger partial charge is 0.495 e. The summed E-state index contributed by atoms with van der Waals surface area (Å²) in [7, 11) is 0.636. The zero-order valence-electron chi connectivity index (χ0n) is 15.9. The molecule has 1 amide bonds. The molecule has 0 unspecified atom stereocenters. The summed E-state index contributed by atoms with van der Waals surface area (Å²) in [6, 6.07) is 6.59. The first-order valence-electron chi connectivity index (χ1n) is 8.76. The molecule has 0 fully saturated rings. The molecular weight excluding hydrogens is 384 g/mol. The molecule has 0 aliphatic heterocycles. The number of methoxy groups -OCH3 is 1. The molecule has 1 aromatic carbocycles. The molecule has 27 heavy (non-hydrogen) atoms. The SMILES string of the molecule is COc1ccc(NC(=O)c2cc3c(s2)CC[C@@H](C)C3)cc1S(=O)(=O)N(C)C. The van der Waals surface area contributed by atoms with Gasteiger partial charge in [0.15, 0.2) is 0 Å². The van der Waals surface area contributed by atoms with Crippen molar-refractivity contribution in [3.05, 3.63) is 39.6 Å². The number of anilines is 1. The summed E-state index contributed by atoms with van der Waals surface area (Å²) in [6.45, 7) is 2.23. The summed E-state index contributed by atoms with van der Waals surface area (Å²) in [6.07, 6.45) is 3.17. The minimum absolute atomic E-state index is 0.0205. The highest BCUT2D eigenvalue weighted by Gasteiger charge is 2.24. The van der Waals surface area contributed by atoms with Crippen LogP contribution in [0.5, 0.6) is 5.75 Å². The third-order valence-electron chi connectivity index (χ3n) is 4.73. The first-order valence-corrected chi connectivity index (χ1v) is 11.0. The number of carbonyl (C=O) groups excluding carboxylic acids is 1. The molecule has 3 rings (SSSR count). The fourth-order valence-corrected chi connectivity index (χ4v) is 5.34. The fourth-order valence-electron chi connectivity index (χ4n) is 3.16. The Labute approximate surface area is 164 Å². The molecule has 1 atom stereocenters. The van der Waals surface area contributed by atoms with Gasteiger partial charge in [-0.1, -0.05) is 6.92 Å². The Hall–Kier alpha value is -1.90. The van der Waals surface area contributed by atoms with Crippen LogP contribution in [0.3, 0.4) is 0 Å². The number of aryl methyl sites for hydroxylation is 1. The lowest BCUT2D eigenvalue weighted by molar-refractivity contribution is 0.103. The van der Waals surface area contributed by atoms with Crippen molar-refractivity contribution in [1.82, 2.24) is 4.31 Å². The van der Waals surface area contributed by atoms with Crippen LogP contribution in [0.1, 0.15) is 33.5 Å². The minimum Gasteiger partial charge on any atom is -0.495 e. The molecule has 2 aromatic rings. The van der Waals surface area contributed by atoms with E-state index in [1.807, 2.05) is 6.07 Å². The topological polar surface area (TPSA) is 75.7 Å². The Morgan fingerprint density at radius 2 is 2.04 bits per heavy atom. The highest BCUT2D eigenvalue weighted by molar-refractivity contribution is 7.89. The van der Waals surface area contributed by atoms with Crippen LogP contribution in [0, 0.1) is 5.92 Å². The van der Waals surface area contributed by atoms with E-state index >= 15 is 0 Å². The number of benzene rings is 1. The Kier molecular flexibility index (Phi) is 5.60. The highest BCUT2D eigenvalue weighted by Crippen LogP contribution is 2.33. The second-order valence-electron chi connectivity index (χ2n) is 7.01. The summed E-state index contributed by atoms with van der Waals surface area (Å²) >= 11 is 1.52. The standard InChI is InChI=1S/C19H24N2O4S2/c1-12-5-8-16-13(9-12)10-17(26-16)19(22)20-14-6-7-15(25-4)18(11-14)27(23,24)21(2)3/h6-7,10-12H,5,8-9H2,1-4H3,(H,20,22)/t12-/m1/s1. The summed E-state index contributed by atoms with van der Waals surface area (Å²) in [5.74, 6) is 0.658. The van der Waals surface area contributed by atoms with E-state index in [-0.39, 0.29) is 16.6 Å². The smallest absolute Gasteiger partial charge is 0.265 e. The quantitative estimate of drug-likeness (QED) is 0.823. The second-order valence-corrected chi connectivity index (χ2v) is 10.3. The lowest BCUT2D eigenvalue weighted by Gasteiger charge is -2.16. The average molecular weight is 409 g/mol. The second kappa shape index (κ2) is 7.61. The molecule has 6 nitrogen and oxygen atoms in total. The number of nitrogens with zero attached hydrogens (tertiary/aromatic N) is 1. The fraction of sp³-hybridized carbons (Fsp3) is 0.421. The van der Waals surface area contributed by atoms with Gasteiger partial charge in [0.05, 0.1) is 12.0 Å². The predicted molar refractivity (Wildman–Crippen MR) is 107 cm³/mol. The first-order chi connectivity index (χ1) is 12.7. The number of nitrogens with one attached hydrogen (secondary N) is 1. The zero-order chi connectivity index (χ0) is 19.8. The lowest BCUT2D eigenvalue weighted by atomic mass is 9.90. The minimum atomic E-state index is -3.69. The van der Waals surface area contributed by atoms with Crippen LogP contribution in [-0.2, 0) is 22.9 Å². The van der Waals surface area contributed by atoms with Crippen LogP contribution in [0.25, 0.3) is 0 Å². The molecule has 1 aromatic heterocycles. The van der Waals surface area contributed by atoms with Gasteiger partial charge in [0, 0.05) is 24.7 Å². The molecule has 0 saturated carbocycles. The first kappa shape index (κ1) is 19.9. The van der Waals surface area contributed by atoms with Crippen LogP contribution in [0.2, 0.25) is 0 Å². The number of hydrogen-bond donors (Lipinski definition) is 1. The number of carbonyl (C=O) groups is 1. The predicted octanol–water partition coefficient (Wildman–Crippen LogP) is 3.38. The van der Waals surface area contributed by atoms with Gasteiger partial charge in [0.25, 0.3) is 5.91 Å². The molecule has 146 valence electrons.